The lowest BCUT2D eigenvalue weighted by molar-refractivity contribution is -0.147. The summed E-state index contributed by atoms with van der Waals surface area (Å²) in [5, 5.41) is 0.445. The molecule has 0 N–H and O–H groups in total. The first kappa shape index (κ1) is 14.2. The minimum Gasteiger partial charge on any atom is -0.343 e. The number of hydrogen-bond acceptors (Lipinski definition) is 4. The molecule has 1 aromatic rings. The van der Waals surface area contributed by atoms with Crippen LogP contribution in [0.15, 0.2) is 6.07 Å². The predicted octanol–water partition coefficient (Wildman–Crippen LogP) is 1.49. The molecule has 1 aliphatic heterocycles. The van der Waals surface area contributed by atoms with E-state index < -0.39 is 5.54 Å². The predicted molar refractivity (Wildman–Crippen MR) is 73.9 cm³/mol. The number of rotatable bonds is 2. The lowest BCUT2D eigenvalue weighted by atomic mass is 9.98. The Hall–Kier alpha value is -1.20. The lowest BCUT2D eigenvalue weighted by Crippen LogP contribution is -2.61. The van der Waals surface area contributed by atoms with Crippen molar-refractivity contribution in [3.8, 4) is 0 Å². The van der Waals surface area contributed by atoms with E-state index in [2.05, 4.69) is 14.9 Å². The van der Waals surface area contributed by atoms with Crippen LogP contribution in [0.5, 0.6) is 0 Å². The van der Waals surface area contributed by atoms with Crippen LogP contribution in [0.1, 0.15) is 25.4 Å². The van der Waals surface area contributed by atoms with Crippen molar-refractivity contribution in [2.24, 2.45) is 0 Å². The molecule has 1 saturated heterocycles. The molecule has 0 aliphatic carbocycles. The molecule has 5 nitrogen and oxygen atoms in total. The van der Waals surface area contributed by atoms with E-state index in [1.54, 1.807) is 11.0 Å². The first-order valence-corrected chi connectivity index (χ1v) is 6.69. The maximum absolute atomic E-state index is 12.2. The maximum Gasteiger partial charge on any atom is 0.242 e. The number of carbonyl (C=O) groups is 1. The van der Waals surface area contributed by atoms with Crippen LogP contribution in [0.2, 0.25) is 5.15 Å². The molecular formula is C13H19ClN4O. The highest BCUT2D eigenvalue weighted by molar-refractivity contribution is 6.29. The van der Waals surface area contributed by atoms with Crippen LogP contribution in [0.4, 0.5) is 0 Å². The Labute approximate surface area is 118 Å². The normalized spacial score (nSPS) is 19.8. The fourth-order valence-corrected chi connectivity index (χ4v) is 2.62. The van der Waals surface area contributed by atoms with Crippen molar-refractivity contribution >= 4 is 17.5 Å². The summed E-state index contributed by atoms with van der Waals surface area (Å²) in [4.78, 5) is 24.7. The minimum atomic E-state index is -0.535. The number of halogens is 1. The van der Waals surface area contributed by atoms with Gasteiger partial charge in [0.2, 0.25) is 5.91 Å². The molecule has 19 heavy (non-hydrogen) atoms. The van der Waals surface area contributed by atoms with Gasteiger partial charge in [-0.05, 0) is 26.8 Å². The SMILES string of the molecule is Cc1cc(Cl)nc(CN2CCN(C)C(=O)C2(C)C)n1. The Bertz CT molecular complexity index is 483. The molecule has 0 bridgehead atoms. The second kappa shape index (κ2) is 5.06. The second-order valence-electron chi connectivity index (χ2n) is 5.46. The average molecular weight is 283 g/mol. The third-order valence-electron chi connectivity index (χ3n) is 3.57. The third-order valence-corrected chi connectivity index (χ3v) is 3.76. The molecule has 0 saturated carbocycles. The molecule has 1 fully saturated rings. The summed E-state index contributed by atoms with van der Waals surface area (Å²) in [6, 6.07) is 1.73. The lowest BCUT2D eigenvalue weighted by Gasteiger charge is -2.44. The van der Waals surface area contributed by atoms with E-state index in [9.17, 15) is 4.79 Å². The van der Waals surface area contributed by atoms with E-state index in [0.29, 0.717) is 17.5 Å². The molecule has 0 unspecified atom stereocenters. The van der Waals surface area contributed by atoms with E-state index in [0.717, 1.165) is 18.8 Å². The first-order valence-electron chi connectivity index (χ1n) is 6.31. The van der Waals surface area contributed by atoms with Crippen molar-refractivity contribution in [3.05, 3.63) is 22.7 Å². The molecule has 2 heterocycles. The molecule has 104 valence electrons. The standard InChI is InChI=1S/C13H19ClN4O/c1-9-7-10(14)16-11(15-9)8-18-6-5-17(4)12(19)13(18,2)3/h7H,5-6,8H2,1-4H3. The number of amides is 1. The van der Waals surface area contributed by atoms with E-state index in [-0.39, 0.29) is 5.91 Å². The Kier molecular flexibility index (Phi) is 3.78. The molecule has 0 atom stereocenters. The van der Waals surface area contributed by atoms with Gasteiger partial charge in [0.15, 0.2) is 0 Å². The number of aryl methyl sites for hydroxylation is 1. The van der Waals surface area contributed by atoms with Gasteiger partial charge >= 0.3 is 0 Å². The number of carbonyl (C=O) groups excluding carboxylic acids is 1. The highest BCUT2D eigenvalue weighted by Gasteiger charge is 2.40. The topological polar surface area (TPSA) is 49.3 Å². The van der Waals surface area contributed by atoms with Crippen LogP contribution < -0.4 is 0 Å². The highest BCUT2D eigenvalue weighted by atomic mass is 35.5. The largest absolute Gasteiger partial charge is 0.343 e. The zero-order valence-corrected chi connectivity index (χ0v) is 12.5. The molecule has 1 aliphatic rings. The molecule has 1 aromatic heterocycles. The van der Waals surface area contributed by atoms with Gasteiger partial charge in [0.25, 0.3) is 0 Å². The summed E-state index contributed by atoms with van der Waals surface area (Å²) in [5.41, 5.74) is 0.306. The summed E-state index contributed by atoms with van der Waals surface area (Å²) in [5.74, 6) is 0.785. The number of aromatic nitrogens is 2. The molecule has 0 spiro atoms. The van der Waals surface area contributed by atoms with Crippen molar-refractivity contribution in [1.82, 2.24) is 19.8 Å². The van der Waals surface area contributed by atoms with Gasteiger partial charge in [-0.1, -0.05) is 11.6 Å². The third kappa shape index (κ3) is 2.87. The summed E-state index contributed by atoms with van der Waals surface area (Å²) < 4.78 is 0. The number of hydrogen-bond donors (Lipinski definition) is 0. The Morgan fingerprint density at radius 3 is 2.68 bits per heavy atom. The van der Waals surface area contributed by atoms with Gasteiger partial charge in [-0.3, -0.25) is 9.69 Å². The fourth-order valence-electron chi connectivity index (χ4n) is 2.36. The Morgan fingerprint density at radius 2 is 2.05 bits per heavy atom. The van der Waals surface area contributed by atoms with Gasteiger partial charge in [0, 0.05) is 25.8 Å². The second-order valence-corrected chi connectivity index (χ2v) is 5.84. The zero-order chi connectivity index (χ0) is 14.2. The highest BCUT2D eigenvalue weighted by Crippen LogP contribution is 2.23. The smallest absolute Gasteiger partial charge is 0.242 e. The molecule has 1 amide bonds. The summed E-state index contributed by atoms with van der Waals surface area (Å²) in [7, 11) is 1.83. The van der Waals surface area contributed by atoms with E-state index in [4.69, 9.17) is 11.6 Å². The number of likely N-dealkylation sites (N-methyl/N-ethyl adjacent to an activating group) is 1. The minimum absolute atomic E-state index is 0.123. The van der Waals surface area contributed by atoms with Crippen LogP contribution in [-0.4, -0.2) is 51.4 Å². The van der Waals surface area contributed by atoms with E-state index >= 15 is 0 Å². The van der Waals surface area contributed by atoms with Gasteiger partial charge in [0.1, 0.15) is 11.0 Å². The molecule has 0 radical (unpaired) electrons. The van der Waals surface area contributed by atoms with Gasteiger partial charge < -0.3 is 4.90 Å². The van der Waals surface area contributed by atoms with Crippen molar-refractivity contribution in [2.75, 3.05) is 20.1 Å². The van der Waals surface area contributed by atoms with Crippen LogP contribution in [0, 0.1) is 6.92 Å². The zero-order valence-electron chi connectivity index (χ0n) is 11.8. The number of piperazine rings is 1. The van der Waals surface area contributed by atoms with Gasteiger partial charge in [-0.15, -0.1) is 0 Å². The molecule has 6 heteroatoms. The van der Waals surface area contributed by atoms with Crippen LogP contribution in [0.3, 0.4) is 0 Å². The van der Waals surface area contributed by atoms with Gasteiger partial charge in [-0.25, -0.2) is 9.97 Å². The van der Waals surface area contributed by atoms with Crippen LogP contribution in [0.25, 0.3) is 0 Å². The van der Waals surface area contributed by atoms with Crippen molar-refractivity contribution in [1.29, 1.82) is 0 Å². The monoisotopic (exact) mass is 282 g/mol. The van der Waals surface area contributed by atoms with Crippen molar-refractivity contribution in [2.45, 2.75) is 32.9 Å². The van der Waals surface area contributed by atoms with Crippen LogP contribution >= 0.6 is 11.6 Å². The van der Waals surface area contributed by atoms with Gasteiger partial charge in [0.05, 0.1) is 12.1 Å². The molecule has 0 aromatic carbocycles. The fraction of sp³-hybridized carbons (Fsp3) is 0.615. The van der Waals surface area contributed by atoms with Crippen molar-refractivity contribution < 1.29 is 4.79 Å². The summed E-state index contributed by atoms with van der Waals surface area (Å²) in [6.45, 7) is 7.82. The Balaban J connectivity index is 2.20. The van der Waals surface area contributed by atoms with Crippen LogP contribution in [-0.2, 0) is 11.3 Å². The van der Waals surface area contributed by atoms with E-state index in [1.807, 2.05) is 27.8 Å². The number of nitrogens with zero attached hydrogens (tertiary/aromatic N) is 4. The molecule has 2 rings (SSSR count). The first-order chi connectivity index (χ1) is 8.80. The average Bonchev–Trinajstić information content (AvgIpc) is 2.29. The Morgan fingerprint density at radius 1 is 1.37 bits per heavy atom. The quantitative estimate of drug-likeness (QED) is 0.771. The van der Waals surface area contributed by atoms with Gasteiger partial charge in [-0.2, -0.15) is 0 Å². The van der Waals surface area contributed by atoms with Crippen molar-refractivity contribution in [3.63, 3.8) is 0 Å². The maximum atomic E-state index is 12.2. The summed E-state index contributed by atoms with van der Waals surface area (Å²) >= 11 is 5.95. The molecular weight excluding hydrogens is 264 g/mol. The summed E-state index contributed by atoms with van der Waals surface area (Å²) in [6.07, 6.45) is 0. The van der Waals surface area contributed by atoms with E-state index in [1.165, 1.54) is 0 Å².